The Kier molecular flexibility index (Phi) is 5.48. The van der Waals surface area contributed by atoms with Gasteiger partial charge in [-0.1, -0.05) is 18.2 Å². The fraction of sp³-hybridized carbons (Fsp3) is 0.455. The molecule has 0 unspecified atom stereocenters. The zero-order valence-corrected chi connectivity index (χ0v) is 17.0. The maximum Gasteiger partial charge on any atom is 0.133 e. The van der Waals surface area contributed by atoms with E-state index in [4.69, 9.17) is 0 Å². The van der Waals surface area contributed by atoms with E-state index in [1.807, 2.05) is 32.0 Å². The number of nitrogens with zero attached hydrogens (tertiary/aromatic N) is 3. The van der Waals surface area contributed by atoms with Crippen molar-refractivity contribution in [3.8, 4) is 0 Å². The van der Waals surface area contributed by atoms with Gasteiger partial charge in [0.1, 0.15) is 17.5 Å². The third-order valence-corrected chi connectivity index (χ3v) is 5.53. The van der Waals surface area contributed by atoms with Crippen LogP contribution in [0.25, 0.3) is 10.9 Å². The Morgan fingerprint density at radius 1 is 1.04 bits per heavy atom. The van der Waals surface area contributed by atoms with Crippen LogP contribution in [0.1, 0.15) is 37.2 Å². The van der Waals surface area contributed by atoms with Gasteiger partial charge in [0.2, 0.25) is 0 Å². The number of H-pyrrole nitrogens is 1. The highest BCUT2D eigenvalue weighted by Gasteiger charge is 2.21. The second-order valence-electron chi connectivity index (χ2n) is 8.01. The van der Waals surface area contributed by atoms with Crippen LogP contribution >= 0.6 is 0 Å². The van der Waals surface area contributed by atoms with Crippen LogP contribution in [0.4, 0.5) is 11.6 Å². The quantitative estimate of drug-likeness (QED) is 0.608. The van der Waals surface area contributed by atoms with E-state index in [9.17, 15) is 0 Å². The molecule has 0 spiro atoms. The van der Waals surface area contributed by atoms with Gasteiger partial charge >= 0.3 is 0 Å². The molecule has 0 saturated heterocycles. The summed E-state index contributed by atoms with van der Waals surface area (Å²) in [6.07, 6.45) is 4.68. The molecule has 2 aromatic heterocycles. The summed E-state index contributed by atoms with van der Waals surface area (Å²) in [5.74, 6) is 2.69. The SMILES string of the molecule is Cc1nc(N[C@H]2CC[C@@H](NCc3cc4ccccc4[nH]3)CC2)cc(N(C)C)n1. The van der Waals surface area contributed by atoms with E-state index in [2.05, 4.69) is 55.9 Å². The summed E-state index contributed by atoms with van der Waals surface area (Å²) < 4.78 is 0. The first-order valence-corrected chi connectivity index (χ1v) is 10.2. The van der Waals surface area contributed by atoms with Crippen molar-refractivity contribution in [3.63, 3.8) is 0 Å². The molecule has 148 valence electrons. The van der Waals surface area contributed by atoms with Crippen molar-refractivity contribution in [1.29, 1.82) is 0 Å². The summed E-state index contributed by atoms with van der Waals surface area (Å²) in [6, 6.07) is 13.8. The first-order valence-electron chi connectivity index (χ1n) is 10.2. The van der Waals surface area contributed by atoms with Gasteiger partial charge in [0.25, 0.3) is 0 Å². The monoisotopic (exact) mass is 378 g/mol. The third kappa shape index (κ3) is 4.44. The molecule has 1 aliphatic rings. The standard InChI is InChI=1S/C22H30N6/c1-15-24-21(13-22(25-15)28(2)3)27-18-10-8-17(9-11-18)23-14-19-12-16-6-4-5-7-20(16)26-19/h4-7,12-13,17-18,23,26H,8-11,14H2,1-3H3,(H,24,25,27)/t17-,18+. The largest absolute Gasteiger partial charge is 0.367 e. The number of nitrogens with one attached hydrogen (secondary N) is 3. The maximum absolute atomic E-state index is 4.56. The first-order chi connectivity index (χ1) is 13.6. The highest BCUT2D eigenvalue weighted by molar-refractivity contribution is 5.80. The van der Waals surface area contributed by atoms with E-state index >= 15 is 0 Å². The molecule has 3 N–H and O–H groups in total. The van der Waals surface area contributed by atoms with Crippen LogP contribution < -0.4 is 15.5 Å². The molecule has 28 heavy (non-hydrogen) atoms. The maximum atomic E-state index is 4.56. The summed E-state index contributed by atoms with van der Waals surface area (Å²) in [6.45, 7) is 2.85. The molecule has 1 aromatic carbocycles. The Labute approximate surface area is 166 Å². The van der Waals surface area contributed by atoms with Crippen LogP contribution in [0.5, 0.6) is 0 Å². The normalized spacial score (nSPS) is 19.7. The number of aromatic nitrogens is 3. The van der Waals surface area contributed by atoms with E-state index < -0.39 is 0 Å². The molecule has 2 heterocycles. The second-order valence-corrected chi connectivity index (χ2v) is 8.01. The Bertz CT molecular complexity index is 891. The Hall–Kier alpha value is -2.60. The summed E-state index contributed by atoms with van der Waals surface area (Å²) >= 11 is 0. The number of benzene rings is 1. The number of aryl methyl sites for hydroxylation is 1. The molecule has 0 atom stereocenters. The molecule has 0 aliphatic heterocycles. The minimum Gasteiger partial charge on any atom is -0.367 e. The summed E-state index contributed by atoms with van der Waals surface area (Å²) in [7, 11) is 4.02. The van der Waals surface area contributed by atoms with Crippen molar-refractivity contribution < 1.29 is 0 Å². The molecule has 4 rings (SSSR count). The lowest BCUT2D eigenvalue weighted by Crippen LogP contribution is -2.36. The number of hydrogen-bond donors (Lipinski definition) is 3. The molecule has 1 fully saturated rings. The lowest BCUT2D eigenvalue weighted by Gasteiger charge is -2.30. The highest BCUT2D eigenvalue weighted by atomic mass is 15.2. The van der Waals surface area contributed by atoms with Crippen LogP contribution in [-0.2, 0) is 6.54 Å². The average molecular weight is 379 g/mol. The van der Waals surface area contributed by atoms with Gasteiger partial charge in [-0.3, -0.25) is 0 Å². The molecule has 1 aliphatic carbocycles. The number of fused-ring (bicyclic) bond motifs is 1. The van der Waals surface area contributed by atoms with Crippen LogP contribution in [0.15, 0.2) is 36.4 Å². The Morgan fingerprint density at radius 2 is 1.79 bits per heavy atom. The van der Waals surface area contributed by atoms with Gasteiger partial charge < -0.3 is 20.5 Å². The summed E-state index contributed by atoms with van der Waals surface area (Å²) in [5, 5.41) is 8.62. The number of hydrogen-bond acceptors (Lipinski definition) is 5. The molecule has 0 amide bonds. The summed E-state index contributed by atoms with van der Waals surface area (Å²) in [5.41, 5.74) is 2.47. The molecule has 0 radical (unpaired) electrons. The van der Waals surface area contributed by atoms with Gasteiger partial charge in [-0.05, 0) is 50.1 Å². The fourth-order valence-electron chi connectivity index (χ4n) is 3.99. The smallest absolute Gasteiger partial charge is 0.133 e. The molecule has 6 nitrogen and oxygen atoms in total. The number of anilines is 2. The topological polar surface area (TPSA) is 68.9 Å². The van der Waals surface area contributed by atoms with Gasteiger partial charge in [-0.25, -0.2) is 9.97 Å². The van der Waals surface area contributed by atoms with Crippen LogP contribution in [-0.4, -0.2) is 41.1 Å². The second kappa shape index (κ2) is 8.19. The Morgan fingerprint density at radius 3 is 2.54 bits per heavy atom. The van der Waals surface area contributed by atoms with Crippen molar-refractivity contribution in [2.45, 2.75) is 51.2 Å². The summed E-state index contributed by atoms with van der Waals surface area (Å²) in [4.78, 5) is 14.5. The van der Waals surface area contributed by atoms with Gasteiger partial charge in [0.05, 0.1) is 0 Å². The van der Waals surface area contributed by atoms with Crippen molar-refractivity contribution >= 4 is 22.5 Å². The van der Waals surface area contributed by atoms with E-state index in [-0.39, 0.29) is 0 Å². The number of rotatable bonds is 6. The Balaban J connectivity index is 1.27. The van der Waals surface area contributed by atoms with E-state index in [1.54, 1.807) is 0 Å². The lowest BCUT2D eigenvalue weighted by atomic mass is 9.91. The fourth-order valence-corrected chi connectivity index (χ4v) is 3.99. The van der Waals surface area contributed by atoms with Crippen LogP contribution in [0, 0.1) is 6.92 Å². The first kappa shape index (κ1) is 18.7. The van der Waals surface area contributed by atoms with Gasteiger partial charge in [0.15, 0.2) is 0 Å². The molecular formula is C22H30N6. The van der Waals surface area contributed by atoms with Gasteiger partial charge in [-0.15, -0.1) is 0 Å². The highest BCUT2D eigenvalue weighted by Crippen LogP contribution is 2.23. The van der Waals surface area contributed by atoms with E-state index in [1.165, 1.54) is 29.4 Å². The lowest BCUT2D eigenvalue weighted by molar-refractivity contribution is 0.351. The molecular weight excluding hydrogens is 348 g/mol. The average Bonchev–Trinajstić information content (AvgIpc) is 3.10. The van der Waals surface area contributed by atoms with E-state index in [0.29, 0.717) is 12.1 Å². The minimum absolute atomic E-state index is 0.482. The third-order valence-electron chi connectivity index (χ3n) is 5.53. The van der Waals surface area contributed by atoms with Crippen molar-refractivity contribution in [1.82, 2.24) is 20.3 Å². The predicted octanol–water partition coefficient (Wildman–Crippen LogP) is 3.85. The molecule has 0 bridgehead atoms. The van der Waals surface area contributed by atoms with Gasteiger partial charge in [0, 0.05) is 50.0 Å². The number of para-hydroxylation sites is 1. The van der Waals surface area contributed by atoms with E-state index in [0.717, 1.165) is 36.8 Å². The minimum atomic E-state index is 0.482. The van der Waals surface area contributed by atoms with Crippen LogP contribution in [0.3, 0.4) is 0 Å². The zero-order chi connectivity index (χ0) is 19.5. The van der Waals surface area contributed by atoms with Crippen molar-refractivity contribution in [2.24, 2.45) is 0 Å². The molecule has 3 aromatic rings. The van der Waals surface area contributed by atoms with Gasteiger partial charge in [-0.2, -0.15) is 0 Å². The number of aromatic amines is 1. The van der Waals surface area contributed by atoms with Crippen molar-refractivity contribution in [2.75, 3.05) is 24.3 Å². The predicted molar refractivity (Wildman–Crippen MR) is 116 cm³/mol. The molecule has 1 saturated carbocycles. The van der Waals surface area contributed by atoms with Crippen molar-refractivity contribution in [3.05, 3.63) is 47.9 Å². The van der Waals surface area contributed by atoms with Crippen LogP contribution in [0.2, 0.25) is 0 Å². The molecule has 6 heteroatoms. The zero-order valence-electron chi connectivity index (χ0n) is 17.0.